The molecule has 1 atom stereocenters. The fraction of sp³-hybridized carbons (Fsp3) is 0.688. The van der Waals surface area contributed by atoms with Gasteiger partial charge in [-0.15, -0.1) is 0 Å². The molecule has 104 valence electrons. The van der Waals surface area contributed by atoms with Gasteiger partial charge >= 0.3 is 0 Å². The molecule has 1 unspecified atom stereocenters. The second-order valence-corrected chi connectivity index (χ2v) is 5.99. The lowest BCUT2D eigenvalue weighted by Gasteiger charge is -2.34. The summed E-state index contributed by atoms with van der Waals surface area (Å²) in [6.07, 6.45) is 10.5. The van der Waals surface area contributed by atoms with Crippen LogP contribution in [0.15, 0.2) is 24.5 Å². The van der Waals surface area contributed by atoms with Gasteiger partial charge in [0.2, 0.25) is 0 Å². The monoisotopic (exact) mass is 259 g/mol. The summed E-state index contributed by atoms with van der Waals surface area (Å²) in [5, 5.41) is 3.67. The number of nitrogens with one attached hydrogen (secondary N) is 1. The maximum absolute atomic E-state index is 4.07. The van der Waals surface area contributed by atoms with Crippen molar-refractivity contribution < 1.29 is 0 Å². The summed E-state index contributed by atoms with van der Waals surface area (Å²) in [6, 6.07) is 5.09. The highest BCUT2D eigenvalue weighted by molar-refractivity contribution is 5.09. The highest BCUT2D eigenvalue weighted by Crippen LogP contribution is 2.25. The van der Waals surface area contributed by atoms with Crippen molar-refractivity contribution in [2.75, 3.05) is 26.2 Å². The van der Waals surface area contributed by atoms with Gasteiger partial charge in [-0.2, -0.15) is 0 Å². The molecule has 0 radical (unpaired) electrons. The average Bonchev–Trinajstić information content (AvgIpc) is 3.01. The van der Waals surface area contributed by atoms with Crippen molar-refractivity contribution in [3.8, 4) is 0 Å². The van der Waals surface area contributed by atoms with E-state index in [4.69, 9.17) is 0 Å². The van der Waals surface area contributed by atoms with Gasteiger partial charge in [-0.1, -0.05) is 0 Å². The summed E-state index contributed by atoms with van der Waals surface area (Å²) in [7, 11) is 0. The van der Waals surface area contributed by atoms with Crippen molar-refractivity contribution in [3.05, 3.63) is 30.1 Å². The minimum Gasteiger partial charge on any atom is -0.314 e. The van der Waals surface area contributed by atoms with Gasteiger partial charge < -0.3 is 10.2 Å². The SMILES string of the molecule is c1cc(CCN2CCC(C3CCCN3)CC2)ccn1. The average molecular weight is 259 g/mol. The standard InChI is InChI=1S/C16H25N3/c1-2-16(18-8-1)15-6-12-19(13-7-15)11-5-14-3-9-17-10-4-14/h3-4,9-10,15-16,18H,1-2,5-8,11-13H2. The summed E-state index contributed by atoms with van der Waals surface area (Å²) < 4.78 is 0. The van der Waals surface area contributed by atoms with Crippen LogP contribution in [0.25, 0.3) is 0 Å². The third-order valence-electron chi connectivity index (χ3n) is 4.77. The number of nitrogens with zero attached hydrogens (tertiary/aromatic N) is 2. The summed E-state index contributed by atoms with van der Waals surface area (Å²) in [5.41, 5.74) is 1.41. The molecule has 0 spiro atoms. The lowest BCUT2D eigenvalue weighted by molar-refractivity contribution is 0.165. The van der Waals surface area contributed by atoms with Crippen LogP contribution in [0, 0.1) is 5.92 Å². The normalized spacial score (nSPS) is 25.8. The molecule has 3 heteroatoms. The second kappa shape index (κ2) is 6.49. The number of aromatic nitrogens is 1. The Morgan fingerprint density at radius 2 is 1.95 bits per heavy atom. The van der Waals surface area contributed by atoms with E-state index in [2.05, 4.69) is 27.3 Å². The molecule has 3 heterocycles. The van der Waals surface area contributed by atoms with Crippen LogP contribution >= 0.6 is 0 Å². The maximum atomic E-state index is 4.07. The fourth-order valence-electron chi connectivity index (χ4n) is 3.53. The molecule has 2 aliphatic rings. The first-order valence-corrected chi connectivity index (χ1v) is 7.76. The highest BCUT2D eigenvalue weighted by Gasteiger charge is 2.27. The van der Waals surface area contributed by atoms with E-state index in [9.17, 15) is 0 Å². The topological polar surface area (TPSA) is 28.2 Å². The van der Waals surface area contributed by atoms with E-state index in [1.807, 2.05) is 12.4 Å². The highest BCUT2D eigenvalue weighted by atomic mass is 15.1. The molecule has 2 aliphatic heterocycles. The lowest BCUT2D eigenvalue weighted by atomic mass is 9.88. The van der Waals surface area contributed by atoms with Crippen molar-refractivity contribution in [1.29, 1.82) is 0 Å². The molecule has 1 N–H and O–H groups in total. The van der Waals surface area contributed by atoms with Crippen LogP contribution in [0.5, 0.6) is 0 Å². The zero-order valence-electron chi connectivity index (χ0n) is 11.7. The van der Waals surface area contributed by atoms with Crippen molar-refractivity contribution >= 4 is 0 Å². The summed E-state index contributed by atoms with van der Waals surface area (Å²) in [6.45, 7) is 5.02. The summed E-state index contributed by atoms with van der Waals surface area (Å²) in [5.74, 6) is 0.930. The molecule has 0 amide bonds. The molecule has 2 saturated heterocycles. The minimum atomic E-state index is 0.822. The molecule has 3 nitrogen and oxygen atoms in total. The Labute approximate surface area is 116 Å². The predicted molar refractivity (Wildman–Crippen MR) is 78.1 cm³/mol. The molecular weight excluding hydrogens is 234 g/mol. The Morgan fingerprint density at radius 1 is 1.16 bits per heavy atom. The molecule has 2 fully saturated rings. The Bertz CT molecular complexity index is 365. The second-order valence-electron chi connectivity index (χ2n) is 5.99. The number of piperidine rings is 1. The number of pyridine rings is 1. The summed E-state index contributed by atoms with van der Waals surface area (Å²) in [4.78, 5) is 6.70. The number of hydrogen-bond donors (Lipinski definition) is 1. The van der Waals surface area contributed by atoms with Crippen molar-refractivity contribution in [1.82, 2.24) is 15.2 Å². The van der Waals surface area contributed by atoms with E-state index in [1.165, 1.54) is 57.4 Å². The zero-order valence-corrected chi connectivity index (χ0v) is 11.7. The van der Waals surface area contributed by atoms with Gasteiger partial charge in [-0.05, 0) is 75.4 Å². The molecule has 0 aromatic carbocycles. The zero-order chi connectivity index (χ0) is 12.9. The van der Waals surface area contributed by atoms with Crippen LogP contribution in [0.3, 0.4) is 0 Å². The quantitative estimate of drug-likeness (QED) is 0.897. The first-order valence-electron chi connectivity index (χ1n) is 7.76. The van der Waals surface area contributed by atoms with Crippen molar-refractivity contribution in [2.24, 2.45) is 5.92 Å². The van der Waals surface area contributed by atoms with Gasteiger partial charge in [0.25, 0.3) is 0 Å². The van der Waals surface area contributed by atoms with E-state index < -0.39 is 0 Å². The maximum Gasteiger partial charge on any atom is 0.0270 e. The fourth-order valence-corrected chi connectivity index (χ4v) is 3.53. The molecule has 0 saturated carbocycles. The van der Waals surface area contributed by atoms with Crippen LogP contribution in [0.4, 0.5) is 0 Å². The largest absolute Gasteiger partial charge is 0.314 e. The smallest absolute Gasteiger partial charge is 0.0270 e. The van der Waals surface area contributed by atoms with Gasteiger partial charge in [0.05, 0.1) is 0 Å². The summed E-state index contributed by atoms with van der Waals surface area (Å²) >= 11 is 0. The van der Waals surface area contributed by atoms with Gasteiger partial charge in [0.15, 0.2) is 0 Å². The molecular formula is C16H25N3. The van der Waals surface area contributed by atoms with Crippen LogP contribution in [0.1, 0.15) is 31.2 Å². The van der Waals surface area contributed by atoms with E-state index in [0.717, 1.165) is 18.4 Å². The lowest BCUT2D eigenvalue weighted by Crippen LogP contribution is -2.41. The van der Waals surface area contributed by atoms with Gasteiger partial charge in [-0.3, -0.25) is 4.98 Å². The number of rotatable bonds is 4. The Hall–Kier alpha value is -0.930. The van der Waals surface area contributed by atoms with Crippen LogP contribution < -0.4 is 5.32 Å². The number of likely N-dealkylation sites (tertiary alicyclic amines) is 1. The van der Waals surface area contributed by atoms with Crippen LogP contribution in [-0.4, -0.2) is 42.1 Å². The van der Waals surface area contributed by atoms with Crippen molar-refractivity contribution in [3.63, 3.8) is 0 Å². The molecule has 0 aliphatic carbocycles. The third kappa shape index (κ3) is 3.54. The Morgan fingerprint density at radius 3 is 2.63 bits per heavy atom. The van der Waals surface area contributed by atoms with E-state index in [0.29, 0.717) is 0 Å². The van der Waals surface area contributed by atoms with E-state index in [-0.39, 0.29) is 0 Å². The Kier molecular flexibility index (Phi) is 4.46. The van der Waals surface area contributed by atoms with Crippen LogP contribution in [0.2, 0.25) is 0 Å². The molecule has 1 aromatic rings. The first-order chi connectivity index (χ1) is 9.42. The van der Waals surface area contributed by atoms with Gasteiger partial charge in [0.1, 0.15) is 0 Å². The van der Waals surface area contributed by atoms with Crippen molar-refractivity contribution in [2.45, 2.75) is 38.1 Å². The van der Waals surface area contributed by atoms with E-state index >= 15 is 0 Å². The van der Waals surface area contributed by atoms with E-state index in [1.54, 1.807) is 0 Å². The molecule has 0 bridgehead atoms. The molecule has 19 heavy (non-hydrogen) atoms. The minimum absolute atomic E-state index is 0.822. The predicted octanol–water partition coefficient (Wildman–Crippen LogP) is 2.09. The van der Waals surface area contributed by atoms with Gasteiger partial charge in [0, 0.05) is 25.0 Å². The van der Waals surface area contributed by atoms with Crippen LogP contribution in [-0.2, 0) is 6.42 Å². The first kappa shape index (κ1) is 13.1. The molecule has 3 rings (SSSR count). The third-order valence-corrected chi connectivity index (χ3v) is 4.77. The molecule has 1 aromatic heterocycles. The van der Waals surface area contributed by atoms with Gasteiger partial charge in [-0.25, -0.2) is 0 Å². The number of hydrogen-bond acceptors (Lipinski definition) is 3. The Balaban J connectivity index is 1.40.